The van der Waals surface area contributed by atoms with Crippen molar-refractivity contribution in [1.29, 1.82) is 0 Å². The topological polar surface area (TPSA) is 61.3 Å². The van der Waals surface area contributed by atoms with E-state index in [0.717, 1.165) is 5.76 Å². The van der Waals surface area contributed by atoms with E-state index in [-0.39, 0.29) is 18.5 Å². The average molecular weight is 250 g/mol. The summed E-state index contributed by atoms with van der Waals surface area (Å²) in [4.78, 5) is 0. The quantitative estimate of drug-likeness (QED) is 0.906. The van der Waals surface area contributed by atoms with Gasteiger partial charge in [-0.05, 0) is 32.0 Å². The van der Waals surface area contributed by atoms with Crippen molar-refractivity contribution < 1.29 is 13.7 Å². The van der Waals surface area contributed by atoms with Crippen LogP contribution in [-0.4, -0.2) is 5.16 Å². The SMILES string of the molecule is Cc1cc(COc2ccc(F)cc2[C@H](C)N)no1. The van der Waals surface area contributed by atoms with Crippen LogP contribution < -0.4 is 10.5 Å². The molecule has 0 saturated heterocycles. The minimum absolute atomic E-state index is 0.267. The predicted molar refractivity (Wildman–Crippen MR) is 64.6 cm³/mol. The van der Waals surface area contributed by atoms with Crippen molar-refractivity contribution in [2.45, 2.75) is 26.5 Å². The number of nitrogens with zero attached hydrogens (tertiary/aromatic N) is 1. The number of hydrogen-bond acceptors (Lipinski definition) is 4. The summed E-state index contributed by atoms with van der Waals surface area (Å²) < 4.78 is 23.7. The van der Waals surface area contributed by atoms with Crippen LogP contribution in [0.2, 0.25) is 0 Å². The smallest absolute Gasteiger partial charge is 0.134 e. The van der Waals surface area contributed by atoms with Crippen molar-refractivity contribution in [2.24, 2.45) is 5.73 Å². The van der Waals surface area contributed by atoms with Crippen LogP contribution in [0.3, 0.4) is 0 Å². The van der Waals surface area contributed by atoms with Gasteiger partial charge >= 0.3 is 0 Å². The van der Waals surface area contributed by atoms with E-state index in [4.69, 9.17) is 15.0 Å². The van der Waals surface area contributed by atoms with Crippen LogP contribution >= 0.6 is 0 Å². The summed E-state index contributed by atoms with van der Waals surface area (Å²) in [6.07, 6.45) is 0. The maximum atomic E-state index is 13.1. The maximum Gasteiger partial charge on any atom is 0.134 e. The van der Waals surface area contributed by atoms with Gasteiger partial charge in [0.25, 0.3) is 0 Å². The average Bonchev–Trinajstić information content (AvgIpc) is 2.73. The molecule has 0 spiro atoms. The zero-order valence-electron chi connectivity index (χ0n) is 10.3. The molecule has 1 atom stereocenters. The minimum Gasteiger partial charge on any atom is -0.487 e. The number of halogens is 1. The molecular weight excluding hydrogens is 235 g/mol. The molecular formula is C13H15FN2O2. The first-order valence-electron chi connectivity index (χ1n) is 5.66. The fraction of sp³-hybridized carbons (Fsp3) is 0.308. The lowest BCUT2D eigenvalue weighted by Crippen LogP contribution is -2.08. The lowest BCUT2D eigenvalue weighted by molar-refractivity contribution is 0.283. The Kier molecular flexibility index (Phi) is 3.62. The highest BCUT2D eigenvalue weighted by molar-refractivity contribution is 5.36. The molecule has 4 nitrogen and oxygen atoms in total. The second-order valence-electron chi connectivity index (χ2n) is 4.19. The van der Waals surface area contributed by atoms with Crippen LogP contribution in [0.4, 0.5) is 4.39 Å². The molecule has 0 saturated carbocycles. The Balaban J connectivity index is 2.13. The molecule has 2 N–H and O–H groups in total. The lowest BCUT2D eigenvalue weighted by atomic mass is 10.1. The maximum absolute atomic E-state index is 13.1. The van der Waals surface area contributed by atoms with E-state index in [1.54, 1.807) is 19.1 Å². The molecule has 0 unspecified atom stereocenters. The number of ether oxygens (including phenoxy) is 1. The molecule has 0 aliphatic carbocycles. The van der Waals surface area contributed by atoms with Crippen molar-refractivity contribution in [3.8, 4) is 5.75 Å². The van der Waals surface area contributed by atoms with Gasteiger partial charge in [-0.3, -0.25) is 0 Å². The van der Waals surface area contributed by atoms with Gasteiger partial charge in [-0.2, -0.15) is 0 Å². The summed E-state index contributed by atoms with van der Waals surface area (Å²) in [5.74, 6) is 0.958. The molecule has 0 amide bonds. The number of benzene rings is 1. The van der Waals surface area contributed by atoms with Gasteiger partial charge in [0, 0.05) is 17.7 Å². The van der Waals surface area contributed by atoms with E-state index in [0.29, 0.717) is 17.0 Å². The Labute approximate surface area is 105 Å². The van der Waals surface area contributed by atoms with Crippen LogP contribution in [0.15, 0.2) is 28.8 Å². The van der Waals surface area contributed by atoms with Gasteiger partial charge < -0.3 is 15.0 Å². The predicted octanol–water partition coefficient (Wildman–Crippen LogP) is 2.72. The highest BCUT2D eigenvalue weighted by Gasteiger charge is 2.10. The minimum atomic E-state index is -0.327. The fourth-order valence-corrected chi connectivity index (χ4v) is 1.64. The van der Waals surface area contributed by atoms with Gasteiger partial charge in [-0.1, -0.05) is 5.16 Å². The van der Waals surface area contributed by atoms with E-state index in [9.17, 15) is 4.39 Å². The summed E-state index contributed by atoms with van der Waals surface area (Å²) in [5, 5.41) is 3.82. The standard InChI is InChI=1S/C13H15FN2O2/c1-8-5-11(16-18-8)7-17-13-4-3-10(14)6-12(13)9(2)15/h3-6,9H,7,15H2,1-2H3/t9-/m0/s1. The monoisotopic (exact) mass is 250 g/mol. The van der Waals surface area contributed by atoms with Crippen LogP contribution in [0.1, 0.15) is 30.0 Å². The van der Waals surface area contributed by atoms with Crippen LogP contribution in [0.25, 0.3) is 0 Å². The highest BCUT2D eigenvalue weighted by atomic mass is 19.1. The van der Waals surface area contributed by atoms with Crippen LogP contribution in [0.5, 0.6) is 5.75 Å². The Morgan fingerprint density at radius 1 is 1.44 bits per heavy atom. The van der Waals surface area contributed by atoms with Crippen molar-refractivity contribution in [2.75, 3.05) is 0 Å². The van der Waals surface area contributed by atoms with Gasteiger partial charge in [-0.15, -0.1) is 0 Å². The summed E-state index contributed by atoms with van der Waals surface area (Å²) >= 11 is 0. The molecule has 0 bridgehead atoms. The molecule has 1 heterocycles. The molecule has 96 valence electrons. The third-order valence-corrected chi connectivity index (χ3v) is 2.51. The Bertz CT molecular complexity index is 538. The van der Waals surface area contributed by atoms with Crippen molar-refractivity contribution >= 4 is 0 Å². The van der Waals surface area contributed by atoms with Crippen molar-refractivity contribution in [1.82, 2.24) is 5.16 Å². The van der Waals surface area contributed by atoms with Crippen molar-refractivity contribution in [3.63, 3.8) is 0 Å². The normalized spacial score (nSPS) is 12.4. The van der Waals surface area contributed by atoms with E-state index in [1.807, 2.05) is 6.92 Å². The van der Waals surface area contributed by atoms with Gasteiger partial charge in [-0.25, -0.2) is 4.39 Å². The highest BCUT2D eigenvalue weighted by Crippen LogP contribution is 2.25. The number of nitrogens with two attached hydrogens (primary N) is 1. The zero-order chi connectivity index (χ0) is 13.1. The van der Waals surface area contributed by atoms with E-state index in [1.165, 1.54) is 12.1 Å². The van der Waals surface area contributed by atoms with Gasteiger partial charge in [0.15, 0.2) is 0 Å². The van der Waals surface area contributed by atoms with Gasteiger partial charge in [0.1, 0.15) is 29.6 Å². The van der Waals surface area contributed by atoms with Crippen molar-refractivity contribution in [3.05, 3.63) is 47.1 Å². The third kappa shape index (κ3) is 2.87. The Morgan fingerprint density at radius 2 is 2.22 bits per heavy atom. The van der Waals surface area contributed by atoms with Gasteiger partial charge in [0.05, 0.1) is 0 Å². The molecule has 0 radical (unpaired) electrons. The number of aromatic nitrogens is 1. The second kappa shape index (κ2) is 5.18. The van der Waals surface area contributed by atoms with Gasteiger partial charge in [0.2, 0.25) is 0 Å². The Morgan fingerprint density at radius 3 is 2.83 bits per heavy atom. The summed E-state index contributed by atoms with van der Waals surface area (Å²) in [5.41, 5.74) is 7.10. The molecule has 0 aliphatic rings. The molecule has 18 heavy (non-hydrogen) atoms. The number of aryl methyl sites for hydroxylation is 1. The molecule has 5 heteroatoms. The molecule has 2 aromatic rings. The Hall–Kier alpha value is -1.88. The van der Waals surface area contributed by atoms with Crippen LogP contribution in [-0.2, 0) is 6.61 Å². The molecule has 2 rings (SSSR count). The molecule has 0 aliphatic heterocycles. The fourth-order valence-electron chi connectivity index (χ4n) is 1.64. The first kappa shape index (κ1) is 12.6. The third-order valence-electron chi connectivity index (χ3n) is 2.51. The number of hydrogen-bond donors (Lipinski definition) is 1. The number of rotatable bonds is 4. The molecule has 1 aromatic heterocycles. The first-order valence-corrected chi connectivity index (χ1v) is 5.66. The first-order chi connectivity index (χ1) is 8.56. The summed E-state index contributed by atoms with van der Waals surface area (Å²) in [6, 6.07) is 5.79. The summed E-state index contributed by atoms with van der Waals surface area (Å²) in [6.45, 7) is 3.85. The second-order valence-corrected chi connectivity index (χ2v) is 4.19. The molecule has 0 fully saturated rings. The molecule has 1 aromatic carbocycles. The summed E-state index contributed by atoms with van der Waals surface area (Å²) in [7, 11) is 0. The van der Waals surface area contributed by atoms with E-state index < -0.39 is 0 Å². The zero-order valence-corrected chi connectivity index (χ0v) is 10.3. The van der Waals surface area contributed by atoms with E-state index in [2.05, 4.69) is 5.16 Å². The lowest BCUT2D eigenvalue weighted by Gasteiger charge is -2.13. The van der Waals surface area contributed by atoms with Crippen LogP contribution in [0, 0.1) is 12.7 Å². The van der Waals surface area contributed by atoms with E-state index >= 15 is 0 Å². The largest absolute Gasteiger partial charge is 0.487 e.